The second-order valence-electron chi connectivity index (χ2n) is 5.13. The second kappa shape index (κ2) is 7.61. The standard InChI is InChI=1S/C12H9F15O2/c1-2-29-5(3-4-28)6(13,14)7(15,16)8(17,18)9(19,20)10(21,22)11(23,24)12(25,26)27/h3,28H,2,4H2,1H3/b5-3-. The van der Waals surface area contributed by atoms with E-state index >= 15 is 0 Å². The molecule has 0 rings (SSSR count). The van der Waals surface area contributed by atoms with E-state index in [1.165, 1.54) is 0 Å². The van der Waals surface area contributed by atoms with Crippen LogP contribution in [-0.4, -0.2) is 60.0 Å². The summed E-state index contributed by atoms with van der Waals surface area (Å²) < 4.78 is 199. The molecule has 0 saturated carbocycles. The van der Waals surface area contributed by atoms with Crippen LogP contribution in [0.4, 0.5) is 65.9 Å². The summed E-state index contributed by atoms with van der Waals surface area (Å²) in [6.45, 7) is -1.96. The minimum Gasteiger partial charge on any atom is -0.492 e. The Morgan fingerprint density at radius 1 is 0.655 bits per heavy atom. The van der Waals surface area contributed by atoms with Gasteiger partial charge in [-0.1, -0.05) is 0 Å². The molecule has 0 aliphatic heterocycles. The molecule has 0 bridgehead atoms. The lowest BCUT2D eigenvalue weighted by Crippen LogP contribution is -2.72. The van der Waals surface area contributed by atoms with E-state index in [0.29, 0.717) is 0 Å². The molecule has 0 atom stereocenters. The number of rotatable bonds is 9. The maximum absolute atomic E-state index is 13.7. The zero-order chi connectivity index (χ0) is 23.9. The van der Waals surface area contributed by atoms with Crippen LogP contribution in [0.1, 0.15) is 6.92 Å². The van der Waals surface area contributed by atoms with Gasteiger partial charge in [0.15, 0.2) is 5.76 Å². The summed E-state index contributed by atoms with van der Waals surface area (Å²) in [6, 6.07) is 0. The van der Waals surface area contributed by atoms with Crippen molar-refractivity contribution in [2.45, 2.75) is 48.6 Å². The molecular formula is C12H9F15O2. The van der Waals surface area contributed by atoms with E-state index in [4.69, 9.17) is 5.11 Å². The predicted molar refractivity (Wildman–Crippen MR) is 62.5 cm³/mol. The SMILES string of the molecule is CCO/C(=C\CO)C(F)(F)C(F)(F)C(F)(F)C(F)(F)C(F)(F)C(F)(F)C(F)(F)F. The van der Waals surface area contributed by atoms with Gasteiger partial charge in [-0.05, 0) is 13.0 Å². The van der Waals surface area contributed by atoms with E-state index in [2.05, 4.69) is 4.74 Å². The third-order valence-electron chi connectivity index (χ3n) is 3.21. The second-order valence-corrected chi connectivity index (χ2v) is 5.13. The first-order chi connectivity index (χ1) is 12.5. The highest BCUT2D eigenvalue weighted by molar-refractivity contribution is 5.20. The minimum atomic E-state index is -8.36. The molecule has 0 aliphatic carbocycles. The summed E-state index contributed by atoms with van der Waals surface area (Å²) in [5.74, 6) is -49.9. The molecule has 17 heteroatoms. The number of aliphatic hydroxyl groups is 1. The number of alkyl halides is 15. The number of allylic oxidation sites excluding steroid dienone is 1. The summed E-state index contributed by atoms with van der Waals surface area (Å²) in [7, 11) is 0. The Morgan fingerprint density at radius 2 is 1.00 bits per heavy atom. The molecule has 0 fully saturated rings. The molecule has 0 amide bonds. The van der Waals surface area contributed by atoms with Crippen LogP contribution in [0, 0.1) is 0 Å². The van der Waals surface area contributed by atoms with Crippen molar-refractivity contribution in [3.8, 4) is 0 Å². The average Bonchev–Trinajstić information content (AvgIpc) is 2.52. The van der Waals surface area contributed by atoms with Crippen LogP contribution in [0.5, 0.6) is 0 Å². The van der Waals surface area contributed by atoms with Crippen LogP contribution < -0.4 is 0 Å². The third kappa shape index (κ3) is 3.81. The van der Waals surface area contributed by atoms with Gasteiger partial charge in [0.1, 0.15) is 0 Å². The lowest BCUT2D eigenvalue weighted by Gasteiger charge is -2.41. The maximum Gasteiger partial charge on any atom is 0.460 e. The molecule has 29 heavy (non-hydrogen) atoms. The predicted octanol–water partition coefficient (Wildman–Crippen LogP) is 5.27. The van der Waals surface area contributed by atoms with Gasteiger partial charge in [0.2, 0.25) is 0 Å². The first-order valence-corrected chi connectivity index (χ1v) is 6.80. The summed E-state index contributed by atoms with van der Waals surface area (Å²) in [5, 5.41) is 8.37. The van der Waals surface area contributed by atoms with Crippen molar-refractivity contribution in [2.24, 2.45) is 0 Å². The molecule has 1 N–H and O–H groups in total. The van der Waals surface area contributed by atoms with Crippen molar-refractivity contribution in [1.29, 1.82) is 0 Å². The van der Waals surface area contributed by atoms with E-state index in [1.54, 1.807) is 0 Å². The molecule has 0 aromatic heterocycles. The van der Waals surface area contributed by atoms with E-state index in [9.17, 15) is 65.9 Å². The van der Waals surface area contributed by atoms with Crippen molar-refractivity contribution in [1.82, 2.24) is 0 Å². The fourth-order valence-electron chi connectivity index (χ4n) is 1.64. The monoisotopic (exact) mass is 470 g/mol. The highest BCUT2D eigenvalue weighted by Crippen LogP contribution is 2.63. The number of ether oxygens (including phenoxy) is 1. The van der Waals surface area contributed by atoms with Gasteiger partial charge in [0, 0.05) is 0 Å². The van der Waals surface area contributed by atoms with Crippen LogP contribution in [-0.2, 0) is 4.74 Å². The summed E-state index contributed by atoms with van der Waals surface area (Å²) >= 11 is 0. The van der Waals surface area contributed by atoms with Gasteiger partial charge >= 0.3 is 41.7 Å². The minimum absolute atomic E-state index is 0.478. The Labute approximate surface area is 150 Å². The first kappa shape index (κ1) is 27.5. The molecule has 0 saturated heterocycles. The fourth-order valence-corrected chi connectivity index (χ4v) is 1.64. The molecule has 0 unspecified atom stereocenters. The highest BCUT2D eigenvalue weighted by Gasteiger charge is 2.93. The average molecular weight is 470 g/mol. The van der Waals surface area contributed by atoms with Gasteiger partial charge in [-0.3, -0.25) is 0 Å². The maximum atomic E-state index is 13.7. The van der Waals surface area contributed by atoms with Crippen LogP contribution in [0.25, 0.3) is 0 Å². The fraction of sp³-hybridized carbons (Fsp3) is 0.833. The molecule has 2 nitrogen and oxygen atoms in total. The zero-order valence-corrected chi connectivity index (χ0v) is 13.5. The van der Waals surface area contributed by atoms with Crippen LogP contribution >= 0.6 is 0 Å². The van der Waals surface area contributed by atoms with Crippen molar-refractivity contribution in [3.05, 3.63) is 11.8 Å². The van der Waals surface area contributed by atoms with Gasteiger partial charge in [0.25, 0.3) is 0 Å². The molecule has 0 spiro atoms. The number of hydrogen-bond acceptors (Lipinski definition) is 2. The third-order valence-corrected chi connectivity index (χ3v) is 3.21. The number of halogens is 15. The van der Waals surface area contributed by atoms with E-state index in [0.717, 1.165) is 6.92 Å². The molecule has 0 radical (unpaired) electrons. The van der Waals surface area contributed by atoms with E-state index < -0.39 is 66.8 Å². The van der Waals surface area contributed by atoms with E-state index in [1.807, 2.05) is 0 Å². The van der Waals surface area contributed by atoms with E-state index in [-0.39, 0.29) is 0 Å². The van der Waals surface area contributed by atoms with Crippen molar-refractivity contribution in [2.75, 3.05) is 13.2 Å². The summed E-state index contributed by atoms with van der Waals surface area (Å²) in [5.41, 5.74) is 0. The van der Waals surface area contributed by atoms with Gasteiger partial charge in [0.05, 0.1) is 13.2 Å². The van der Waals surface area contributed by atoms with Gasteiger partial charge in [-0.25, -0.2) is 0 Å². The van der Waals surface area contributed by atoms with Gasteiger partial charge < -0.3 is 9.84 Å². The quantitative estimate of drug-likeness (QED) is 0.368. The molecule has 0 heterocycles. The molecule has 0 aromatic carbocycles. The zero-order valence-electron chi connectivity index (χ0n) is 13.5. The highest BCUT2D eigenvalue weighted by atomic mass is 19.4. The van der Waals surface area contributed by atoms with Crippen molar-refractivity contribution >= 4 is 0 Å². The molecule has 0 aliphatic rings. The van der Waals surface area contributed by atoms with Crippen molar-refractivity contribution in [3.63, 3.8) is 0 Å². The van der Waals surface area contributed by atoms with Crippen molar-refractivity contribution < 1.29 is 75.7 Å². The van der Waals surface area contributed by atoms with Crippen LogP contribution in [0.2, 0.25) is 0 Å². The molecule has 174 valence electrons. The largest absolute Gasteiger partial charge is 0.492 e. The Kier molecular flexibility index (Phi) is 7.20. The normalized spacial score (nSPS) is 16.2. The number of aliphatic hydroxyl groups excluding tert-OH is 1. The lowest BCUT2D eigenvalue weighted by molar-refractivity contribution is -0.451. The topological polar surface area (TPSA) is 29.5 Å². The Bertz CT molecular complexity index is 605. The van der Waals surface area contributed by atoms with Gasteiger partial charge in [-0.15, -0.1) is 0 Å². The Balaban J connectivity index is 6.68. The first-order valence-electron chi connectivity index (χ1n) is 6.80. The summed E-state index contributed by atoms with van der Waals surface area (Å²) in [6.07, 6.45) is -8.13. The van der Waals surface area contributed by atoms with Crippen LogP contribution in [0.15, 0.2) is 11.8 Å². The van der Waals surface area contributed by atoms with Crippen LogP contribution in [0.3, 0.4) is 0 Å². The Hall–Kier alpha value is -1.55. The molecule has 0 aromatic rings. The smallest absolute Gasteiger partial charge is 0.460 e. The molecular weight excluding hydrogens is 461 g/mol. The lowest BCUT2D eigenvalue weighted by atomic mass is 9.90. The van der Waals surface area contributed by atoms with Gasteiger partial charge in [-0.2, -0.15) is 65.9 Å². The Morgan fingerprint density at radius 3 is 1.31 bits per heavy atom. The number of hydrogen-bond donors (Lipinski definition) is 1. The summed E-state index contributed by atoms with van der Waals surface area (Å²) in [4.78, 5) is 0.